The zero-order valence-corrected chi connectivity index (χ0v) is 18.9. The standard InChI is InChI=1S/C24H29FN6O2/c1-4-30-13-19(15-33-30)27-17(3)28-24-16(2)22(29-31(24)20-8-6-5-7-9-20)11-18-10-21(25)23(14-32)26-12-18/h5-10,14,19,26-28H,3-4,11-13,15H2,1-2H3/t19-/m1/s1. The number of likely N-dealkylation sites (N-methyl/N-ethyl adjacent to an activating group) is 1. The molecule has 2 aliphatic heterocycles. The first-order valence-electron chi connectivity index (χ1n) is 11.0. The maximum Gasteiger partial charge on any atom is 0.168 e. The van der Waals surface area contributed by atoms with Gasteiger partial charge in [0.2, 0.25) is 0 Å². The zero-order chi connectivity index (χ0) is 23.4. The fourth-order valence-corrected chi connectivity index (χ4v) is 3.92. The van der Waals surface area contributed by atoms with Gasteiger partial charge in [-0.25, -0.2) is 9.07 Å². The van der Waals surface area contributed by atoms with Crippen LogP contribution in [0.1, 0.15) is 18.2 Å². The van der Waals surface area contributed by atoms with Crippen LogP contribution in [0.3, 0.4) is 0 Å². The van der Waals surface area contributed by atoms with E-state index in [1.165, 1.54) is 6.08 Å². The maximum atomic E-state index is 14.1. The van der Waals surface area contributed by atoms with Crippen LogP contribution in [0.15, 0.2) is 65.9 Å². The van der Waals surface area contributed by atoms with Crippen LogP contribution < -0.4 is 16.0 Å². The van der Waals surface area contributed by atoms with E-state index in [4.69, 9.17) is 9.94 Å². The van der Waals surface area contributed by atoms with E-state index < -0.39 is 5.83 Å². The SMILES string of the molecule is C=C(Nc1c(C)c(CC2=CC(F)=C(C=O)NC2)nn1-c1ccccc1)N[C@H]1CON(CC)C1. The van der Waals surface area contributed by atoms with Gasteiger partial charge in [-0.15, -0.1) is 0 Å². The molecule has 33 heavy (non-hydrogen) atoms. The molecule has 0 aliphatic carbocycles. The van der Waals surface area contributed by atoms with Crippen molar-refractivity contribution in [2.45, 2.75) is 26.3 Å². The van der Waals surface area contributed by atoms with Gasteiger partial charge in [0, 0.05) is 31.6 Å². The van der Waals surface area contributed by atoms with E-state index >= 15 is 0 Å². The molecule has 4 rings (SSSR count). The fraction of sp³-hybridized carbons (Fsp3) is 0.333. The van der Waals surface area contributed by atoms with Crippen LogP contribution >= 0.6 is 0 Å². The molecule has 0 unspecified atom stereocenters. The van der Waals surface area contributed by atoms with Crippen molar-refractivity contribution < 1.29 is 14.0 Å². The van der Waals surface area contributed by atoms with Crippen LogP contribution in [-0.2, 0) is 16.1 Å². The molecule has 1 aromatic heterocycles. The van der Waals surface area contributed by atoms with Gasteiger partial charge in [-0.1, -0.05) is 31.7 Å². The number of hydroxylamine groups is 2. The number of hydrogen-bond donors (Lipinski definition) is 3. The molecule has 0 saturated carbocycles. The van der Waals surface area contributed by atoms with Gasteiger partial charge < -0.3 is 16.0 Å². The number of nitrogens with one attached hydrogen (secondary N) is 3. The van der Waals surface area contributed by atoms with Crippen molar-refractivity contribution in [3.05, 3.63) is 77.2 Å². The number of carbonyl (C=O) groups is 1. The lowest BCUT2D eigenvalue weighted by Gasteiger charge is -2.18. The fourth-order valence-electron chi connectivity index (χ4n) is 3.92. The highest BCUT2D eigenvalue weighted by atomic mass is 19.1. The third-order valence-electron chi connectivity index (χ3n) is 5.71. The second kappa shape index (κ2) is 10.0. The Morgan fingerprint density at radius 1 is 1.39 bits per heavy atom. The van der Waals surface area contributed by atoms with Crippen LogP contribution in [0.2, 0.25) is 0 Å². The minimum absolute atomic E-state index is 0.0208. The number of nitrogens with zero attached hydrogens (tertiary/aromatic N) is 3. The number of para-hydroxylation sites is 1. The topological polar surface area (TPSA) is 83.5 Å². The van der Waals surface area contributed by atoms with E-state index in [-0.39, 0.29) is 11.7 Å². The first kappa shape index (κ1) is 22.8. The average molecular weight is 453 g/mol. The van der Waals surface area contributed by atoms with Gasteiger partial charge >= 0.3 is 0 Å². The van der Waals surface area contributed by atoms with Gasteiger partial charge in [0.05, 0.1) is 29.9 Å². The number of allylic oxidation sites excluding steroid dienone is 3. The van der Waals surface area contributed by atoms with Crippen LogP contribution in [0.5, 0.6) is 0 Å². The third-order valence-corrected chi connectivity index (χ3v) is 5.71. The number of aldehydes is 1. The summed E-state index contributed by atoms with van der Waals surface area (Å²) in [4.78, 5) is 16.5. The lowest BCUT2D eigenvalue weighted by molar-refractivity contribution is -0.105. The molecule has 2 aromatic rings. The summed E-state index contributed by atoms with van der Waals surface area (Å²) in [6.45, 7) is 10.8. The first-order valence-corrected chi connectivity index (χ1v) is 11.0. The molecule has 1 aromatic carbocycles. The molecule has 0 amide bonds. The molecule has 2 aliphatic rings. The molecule has 1 atom stereocenters. The summed E-state index contributed by atoms with van der Waals surface area (Å²) in [7, 11) is 0. The van der Waals surface area contributed by atoms with Crippen molar-refractivity contribution in [3.63, 3.8) is 0 Å². The molecule has 0 radical (unpaired) electrons. The van der Waals surface area contributed by atoms with Crippen molar-refractivity contribution in [2.75, 3.05) is 31.6 Å². The molecular formula is C24H29FN6O2. The molecule has 3 N–H and O–H groups in total. The van der Waals surface area contributed by atoms with Crippen LogP contribution in [0.25, 0.3) is 5.69 Å². The van der Waals surface area contributed by atoms with Gasteiger partial charge in [0.25, 0.3) is 0 Å². The monoisotopic (exact) mass is 452 g/mol. The highest BCUT2D eigenvalue weighted by Crippen LogP contribution is 2.27. The molecule has 174 valence electrons. The number of halogens is 1. The van der Waals surface area contributed by atoms with E-state index in [0.29, 0.717) is 31.7 Å². The van der Waals surface area contributed by atoms with Gasteiger partial charge in [-0.3, -0.25) is 9.63 Å². The summed E-state index contributed by atoms with van der Waals surface area (Å²) in [6, 6.07) is 9.94. The molecule has 3 heterocycles. The van der Waals surface area contributed by atoms with Crippen LogP contribution in [0.4, 0.5) is 10.2 Å². The Hall–Kier alpha value is -3.43. The normalized spacial score (nSPS) is 18.6. The molecule has 9 heteroatoms. The van der Waals surface area contributed by atoms with Gasteiger partial charge in [-0.2, -0.15) is 10.2 Å². The van der Waals surface area contributed by atoms with Crippen LogP contribution in [-0.4, -0.2) is 53.4 Å². The predicted molar refractivity (Wildman–Crippen MR) is 125 cm³/mol. The molecular weight excluding hydrogens is 423 g/mol. The highest BCUT2D eigenvalue weighted by molar-refractivity contribution is 5.74. The zero-order valence-electron chi connectivity index (χ0n) is 18.9. The number of dihydropyridines is 1. The number of aromatic nitrogens is 2. The van der Waals surface area contributed by atoms with Crippen LogP contribution in [0, 0.1) is 6.92 Å². The van der Waals surface area contributed by atoms with E-state index in [0.717, 1.165) is 41.4 Å². The smallest absolute Gasteiger partial charge is 0.168 e. The van der Waals surface area contributed by atoms with Crippen molar-refractivity contribution >= 4 is 12.1 Å². The summed E-state index contributed by atoms with van der Waals surface area (Å²) in [6.07, 6.45) is 2.36. The summed E-state index contributed by atoms with van der Waals surface area (Å²) in [5.41, 5.74) is 3.43. The van der Waals surface area contributed by atoms with Crippen molar-refractivity contribution in [2.24, 2.45) is 0 Å². The maximum absolute atomic E-state index is 14.1. The summed E-state index contributed by atoms with van der Waals surface area (Å²) in [5, 5.41) is 16.3. The van der Waals surface area contributed by atoms with Gasteiger partial charge in [-0.05, 0) is 30.7 Å². The number of carbonyl (C=O) groups excluding carboxylic acids is 1. The van der Waals surface area contributed by atoms with Gasteiger partial charge in [0.15, 0.2) is 6.29 Å². The second-order valence-corrected chi connectivity index (χ2v) is 8.10. The first-order chi connectivity index (χ1) is 16.0. The molecule has 8 nitrogen and oxygen atoms in total. The molecule has 0 spiro atoms. The van der Waals surface area contributed by atoms with Crippen molar-refractivity contribution in [1.29, 1.82) is 0 Å². The lowest BCUT2D eigenvalue weighted by Crippen LogP contribution is -2.35. The van der Waals surface area contributed by atoms with E-state index in [1.54, 1.807) is 0 Å². The van der Waals surface area contributed by atoms with Gasteiger partial charge in [0.1, 0.15) is 17.3 Å². The molecule has 1 fully saturated rings. The minimum Gasteiger partial charge on any atom is -0.376 e. The summed E-state index contributed by atoms with van der Waals surface area (Å²) < 4.78 is 15.9. The molecule has 0 bridgehead atoms. The predicted octanol–water partition coefficient (Wildman–Crippen LogP) is 2.74. The summed E-state index contributed by atoms with van der Waals surface area (Å²) >= 11 is 0. The summed E-state index contributed by atoms with van der Waals surface area (Å²) in [5.74, 6) is 0.882. The highest BCUT2D eigenvalue weighted by Gasteiger charge is 2.24. The number of rotatable bonds is 9. The Bertz CT molecular complexity index is 1090. The largest absolute Gasteiger partial charge is 0.376 e. The molecule has 1 saturated heterocycles. The Morgan fingerprint density at radius 3 is 2.85 bits per heavy atom. The Kier molecular flexibility index (Phi) is 6.90. The quantitative estimate of drug-likeness (QED) is 0.505. The Morgan fingerprint density at radius 2 is 2.18 bits per heavy atom. The second-order valence-electron chi connectivity index (χ2n) is 8.10. The third kappa shape index (κ3) is 5.15. The average Bonchev–Trinajstić information content (AvgIpc) is 3.39. The number of benzene rings is 1. The minimum atomic E-state index is -0.553. The Balaban J connectivity index is 1.58. The number of hydrogen-bond acceptors (Lipinski definition) is 7. The van der Waals surface area contributed by atoms with E-state index in [1.807, 2.05) is 47.0 Å². The lowest BCUT2D eigenvalue weighted by atomic mass is 10.0. The Labute approximate surface area is 192 Å². The van der Waals surface area contributed by atoms with E-state index in [2.05, 4.69) is 29.5 Å². The van der Waals surface area contributed by atoms with Crippen molar-refractivity contribution in [3.8, 4) is 5.69 Å². The van der Waals surface area contributed by atoms with E-state index in [9.17, 15) is 9.18 Å². The number of anilines is 1. The van der Waals surface area contributed by atoms with Crippen molar-refractivity contribution in [1.82, 2.24) is 25.5 Å².